The second-order valence-electron chi connectivity index (χ2n) is 5.49. The van der Waals surface area contributed by atoms with Crippen LogP contribution in [0.25, 0.3) is 0 Å². The van der Waals surface area contributed by atoms with Gasteiger partial charge in [-0.05, 0) is 23.6 Å². The third kappa shape index (κ3) is 2.32. The lowest BCUT2D eigenvalue weighted by atomic mass is 10.0. The van der Waals surface area contributed by atoms with Gasteiger partial charge in [0.15, 0.2) is 0 Å². The topological polar surface area (TPSA) is 6.48 Å². The minimum atomic E-state index is 0.339. The second-order valence-corrected chi connectivity index (χ2v) is 5.49. The van der Waals surface area contributed by atoms with Crippen LogP contribution in [0.5, 0.6) is 0 Å². The predicted octanol–water partition coefficient (Wildman–Crippen LogP) is 4.05. The highest BCUT2D eigenvalue weighted by atomic mass is 15.4. The molecule has 2 aromatic carbocycles. The maximum absolute atomic E-state index is 2.57. The second kappa shape index (κ2) is 5.68. The Kier molecular flexibility index (Phi) is 3.75. The van der Waals surface area contributed by atoms with E-state index in [2.05, 4.69) is 78.4 Å². The molecule has 0 spiro atoms. The van der Waals surface area contributed by atoms with Crippen molar-refractivity contribution in [3.05, 3.63) is 65.7 Å². The van der Waals surface area contributed by atoms with Gasteiger partial charge in [-0.2, -0.15) is 0 Å². The van der Waals surface area contributed by atoms with E-state index in [1.807, 2.05) is 0 Å². The van der Waals surface area contributed by atoms with Gasteiger partial charge in [0.05, 0.1) is 0 Å². The van der Waals surface area contributed by atoms with E-state index in [4.69, 9.17) is 0 Å². The van der Waals surface area contributed by atoms with Crippen molar-refractivity contribution in [3.63, 3.8) is 0 Å². The van der Waals surface area contributed by atoms with Crippen molar-refractivity contribution in [1.82, 2.24) is 4.90 Å². The van der Waals surface area contributed by atoms with E-state index < -0.39 is 0 Å². The van der Waals surface area contributed by atoms with Crippen LogP contribution in [-0.4, -0.2) is 18.5 Å². The molecule has 1 aliphatic heterocycles. The summed E-state index contributed by atoms with van der Waals surface area (Å²) in [5, 5.41) is 0. The summed E-state index contributed by atoms with van der Waals surface area (Å²) >= 11 is 0. The Morgan fingerprint density at radius 2 is 1.70 bits per heavy atom. The van der Waals surface area contributed by atoms with Gasteiger partial charge in [-0.3, -0.25) is 4.90 Å². The number of benzene rings is 2. The average Bonchev–Trinajstić information content (AvgIpc) is 2.49. The molecule has 1 heterocycles. The third-order valence-electron chi connectivity index (χ3n) is 4.07. The van der Waals surface area contributed by atoms with Crippen molar-refractivity contribution in [2.75, 3.05) is 18.5 Å². The highest BCUT2D eigenvalue weighted by Gasteiger charge is 2.30. The normalized spacial score (nSPS) is 18.9. The molecule has 2 nitrogen and oxygen atoms in total. The van der Waals surface area contributed by atoms with E-state index in [1.165, 1.54) is 23.2 Å². The number of rotatable bonds is 3. The Morgan fingerprint density at radius 1 is 1.00 bits per heavy atom. The fourth-order valence-electron chi connectivity index (χ4n) is 3.22. The van der Waals surface area contributed by atoms with Gasteiger partial charge in [0.1, 0.15) is 6.17 Å². The van der Waals surface area contributed by atoms with Crippen molar-refractivity contribution in [2.45, 2.75) is 26.1 Å². The molecule has 0 N–H and O–H groups in total. The summed E-state index contributed by atoms with van der Waals surface area (Å²) in [5.41, 5.74) is 4.15. The Labute approximate surface area is 121 Å². The van der Waals surface area contributed by atoms with Crippen LogP contribution in [0.3, 0.4) is 0 Å². The van der Waals surface area contributed by atoms with Crippen LogP contribution in [0.1, 0.15) is 30.6 Å². The molecule has 20 heavy (non-hydrogen) atoms. The summed E-state index contributed by atoms with van der Waals surface area (Å²) in [4.78, 5) is 4.97. The molecule has 1 aliphatic rings. The number of anilines is 1. The molecular formula is C18H22N2. The first-order chi connectivity index (χ1) is 9.81. The Balaban J connectivity index is 2.02. The van der Waals surface area contributed by atoms with Crippen LogP contribution in [0.4, 0.5) is 5.69 Å². The first-order valence-electron chi connectivity index (χ1n) is 7.41. The molecule has 1 atom stereocenters. The molecule has 2 aromatic rings. The summed E-state index contributed by atoms with van der Waals surface area (Å²) in [6.45, 7) is 4.41. The summed E-state index contributed by atoms with van der Waals surface area (Å²) in [6, 6.07) is 19.6. The van der Waals surface area contributed by atoms with Crippen LogP contribution in [0, 0.1) is 0 Å². The molecule has 0 amide bonds. The smallest absolute Gasteiger partial charge is 0.108 e. The lowest BCUT2D eigenvalue weighted by Crippen LogP contribution is -2.43. The predicted molar refractivity (Wildman–Crippen MR) is 84.7 cm³/mol. The molecule has 0 saturated carbocycles. The molecule has 2 heteroatoms. The molecule has 0 fully saturated rings. The summed E-state index contributed by atoms with van der Waals surface area (Å²) in [6.07, 6.45) is 1.52. The zero-order valence-electron chi connectivity index (χ0n) is 12.3. The van der Waals surface area contributed by atoms with Crippen molar-refractivity contribution in [1.29, 1.82) is 0 Å². The summed E-state index contributed by atoms with van der Waals surface area (Å²) in [5.74, 6) is 0. The van der Waals surface area contributed by atoms with Crippen molar-refractivity contribution in [3.8, 4) is 0 Å². The minimum absolute atomic E-state index is 0.339. The maximum Gasteiger partial charge on any atom is 0.108 e. The van der Waals surface area contributed by atoms with Crippen molar-refractivity contribution >= 4 is 5.69 Å². The molecule has 0 bridgehead atoms. The van der Waals surface area contributed by atoms with Crippen LogP contribution < -0.4 is 4.90 Å². The van der Waals surface area contributed by atoms with Crippen molar-refractivity contribution in [2.24, 2.45) is 0 Å². The SMILES string of the molecule is CCCN1Cc2ccccc2N(C)C1c1ccccc1. The summed E-state index contributed by atoms with van der Waals surface area (Å²) in [7, 11) is 2.21. The molecular weight excluding hydrogens is 244 g/mol. The Bertz CT molecular complexity index is 565. The molecule has 0 radical (unpaired) electrons. The van der Waals surface area contributed by atoms with Crippen LogP contribution in [0.2, 0.25) is 0 Å². The number of nitrogens with zero attached hydrogens (tertiary/aromatic N) is 2. The number of fused-ring (bicyclic) bond motifs is 1. The van der Waals surface area contributed by atoms with Gasteiger partial charge in [0.2, 0.25) is 0 Å². The highest BCUT2D eigenvalue weighted by molar-refractivity contribution is 5.56. The lowest BCUT2D eigenvalue weighted by Gasteiger charge is -2.44. The van der Waals surface area contributed by atoms with E-state index in [1.54, 1.807) is 0 Å². The molecule has 0 aromatic heterocycles. The quantitative estimate of drug-likeness (QED) is 0.827. The first-order valence-corrected chi connectivity index (χ1v) is 7.41. The fraction of sp³-hybridized carbons (Fsp3) is 0.333. The van der Waals surface area contributed by atoms with E-state index in [0.717, 1.165) is 13.1 Å². The van der Waals surface area contributed by atoms with E-state index in [0.29, 0.717) is 6.17 Å². The van der Waals surface area contributed by atoms with E-state index in [9.17, 15) is 0 Å². The standard InChI is InChI=1S/C18H22N2/c1-3-13-20-14-16-11-7-8-12-17(16)19(2)18(20)15-9-5-4-6-10-15/h4-12,18H,3,13-14H2,1-2H3. The Hall–Kier alpha value is -1.80. The minimum Gasteiger partial charge on any atom is -0.355 e. The highest BCUT2D eigenvalue weighted by Crippen LogP contribution is 2.37. The fourth-order valence-corrected chi connectivity index (χ4v) is 3.22. The van der Waals surface area contributed by atoms with Crippen LogP contribution >= 0.6 is 0 Å². The number of hydrogen-bond donors (Lipinski definition) is 0. The van der Waals surface area contributed by atoms with Gasteiger partial charge in [0, 0.05) is 25.8 Å². The van der Waals surface area contributed by atoms with Crippen LogP contribution in [0.15, 0.2) is 54.6 Å². The summed E-state index contributed by atoms with van der Waals surface area (Å²) < 4.78 is 0. The zero-order valence-corrected chi connectivity index (χ0v) is 12.3. The zero-order chi connectivity index (χ0) is 13.9. The molecule has 0 saturated heterocycles. The lowest BCUT2D eigenvalue weighted by molar-refractivity contribution is 0.175. The van der Waals surface area contributed by atoms with E-state index >= 15 is 0 Å². The van der Waals surface area contributed by atoms with Gasteiger partial charge in [0.25, 0.3) is 0 Å². The Morgan fingerprint density at radius 3 is 2.45 bits per heavy atom. The van der Waals surface area contributed by atoms with Gasteiger partial charge in [-0.25, -0.2) is 0 Å². The van der Waals surface area contributed by atoms with Gasteiger partial charge in [-0.15, -0.1) is 0 Å². The molecule has 0 aliphatic carbocycles. The van der Waals surface area contributed by atoms with Gasteiger partial charge < -0.3 is 4.90 Å². The van der Waals surface area contributed by atoms with Gasteiger partial charge >= 0.3 is 0 Å². The average molecular weight is 266 g/mol. The molecule has 3 rings (SSSR count). The maximum atomic E-state index is 2.57. The third-order valence-corrected chi connectivity index (χ3v) is 4.07. The van der Waals surface area contributed by atoms with Crippen molar-refractivity contribution < 1.29 is 0 Å². The monoisotopic (exact) mass is 266 g/mol. The molecule has 1 unspecified atom stereocenters. The first kappa shape index (κ1) is 13.2. The van der Waals surface area contributed by atoms with E-state index in [-0.39, 0.29) is 0 Å². The molecule has 104 valence electrons. The number of hydrogen-bond acceptors (Lipinski definition) is 2. The largest absolute Gasteiger partial charge is 0.355 e. The van der Waals surface area contributed by atoms with Crippen LogP contribution in [-0.2, 0) is 6.54 Å². The number of para-hydroxylation sites is 1. The van der Waals surface area contributed by atoms with Gasteiger partial charge in [-0.1, -0.05) is 55.5 Å².